The first kappa shape index (κ1) is 19.0. The number of aryl methyl sites for hydroxylation is 1. The number of carbonyl (C=O) groups excluding carboxylic acids is 1. The minimum Gasteiger partial charge on any atom is -0.481 e. The van der Waals surface area contributed by atoms with Crippen molar-refractivity contribution < 1.29 is 23.6 Å². The molecule has 0 bridgehead atoms. The van der Waals surface area contributed by atoms with E-state index in [1.54, 1.807) is 24.0 Å². The number of amides is 1. The van der Waals surface area contributed by atoms with Gasteiger partial charge in [0, 0.05) is 31.0 Å². The third-order valence-electron chi connectivity index (χ3n) is 4.98. The summed E-state index contributed by atoms with van der Waals surface area (Å²) in [7, 11) is 0. The lowest BCUT2D eigenvalue weighted by Gasteiger charge is -2.37. The summed E-state index contributed by atoms with van der Waals surface area (Å²) < 4.78 is 18.2. The second kappa shape index (κ2) is 8.28. The van der Waals surface area contributed by atoms with Gasteiger partial charge < -0.3 is 14.5 Å². The molecule has 1 aliphatic heterocycles. The maximum atomic E-state index is 13.0. The summed E-state index contributed by atoms with van der Waals surface area (Å²) in [5.41, 5.74) is 0.657. The van der Waals surface area contributed by atoms with E-state index in [2.05, 4.69) is 10.1 Å². The Morgan fingerprint density at radius 2 is 2.07 bits per heavy atom. The van der Waals surface area contributed by atoms with Crippen LogP contribution in [0.3, 0.4) is 0 Å². The number of hydrogen-bond acceptors (Lipinski definition) is 5. The maximum Gasteiger partial charge on any atom is 0.308 e. The third kappa shape index (κ3) is 4.50. The average Bonchev–Trinajstić information content (AvgIpc) is 3.11. The van der Waals surface area contributed by atoms with Gasteiger partial charge in [0.2, 0.25) is 17.6 Å². The lowest BCUT2D eigenvalue weighted by molar-refractivity contribution is -0.149. The van der Waals surface area contributed by atoms with Crippen LogP contribution in [0.2, 0.25) is 0 Å². The Hall–Kier alpha value is -2.77. The quantitative estimate of drug-likeness (QED) is 0.834. The van der Waals surface area contributed by atoms with Crippen molar-refractivity contribution in [2.45, 2.75) is 45.1 Å². The van der Waals surface area contributed by atoms with E-state index in [9.17, 15) is 19.1 Å². The van der Waals surface area contributed by atoms with Crippen molar-refractivity contribution in [3.8, 4) is 11.4 Å². The van der Waals surface area contributed by atoms with Crippen molar-refractivity contribution in [1.82, 2.24) is 15.0 Å². The Balaban J connectivity index is 1.52. The largest absolute Gasteiger partial charge is 0.481 e. The van der Waals surface area contributed by atoms with Crippen LogP contribution in [-0.4, -0.2) is 44.6 Å². The Kier molecular flexibility index (Phi) is 5.83. The number of nitrogens with zero attached hydrogens (tertiary/aromatic N) is 3. The Bertz CT molecular complexity index is 806. The molecular weight excluding hydrogens is 353 g/mol. The first-order chi connectivity index (χ1) is 13.0. The number of halogens is 1. The molecule has 8 heteroatoms. The fraction of sp³-hybridized carbons (Fsp3) is 0.474. The van der Waals surface area contributed by atoms with Crippen LogP contribution in [-0.2, 0) is 16.0 Å². The third-order valence-corrected chi connectivity index (χ3v) is 4.98. The summed E-state index contributed by atoms with van der Waals surface area (Å²) in [5, 5.41) is 13.1. The zero-order valence-electron chi connectivity index (χ0n) is 15.1. The number of carboxylic acid groups (broad SMARTS) is 1. The number of aromatic nitrogens is 2. The molecule has 27 heavy (non-hydrogen) atoms. The fourth-order valence-corrected chi connectivity index (χ4v) is 3.43. The van der Waals surface area contributed by atoms with Gasteiger partial charge in [-0.05, 0) is 50.5 Å². The highest BCUT2D eigenvalue weighted by Crippen LogP contribution is 2.25. The molecule has 1 N–H and O–H groups in total. The molecule has 7 nitrogen and oxygen atoms in total. The molecule has 1 fully saturated rings. The predicted molar refractivity (Wildman–Crippen MR) is 94.2 cm³/mol. The maximum absolute atomic E-state index is 13.0. The zero-order chi connectivity index (χ0) is 19.4. The van der Waals surface area contributed by atoms with Gasteiger partial charge in [-0.2, -0.15) is 4.98 Å². The number of likely N-dealkylation sites (tertiary alicyclic amines) is 1. The van der Waals surface area contributed by atoms with Crippen molar-refractivity contribution >= 4 is 11.9 Å². The van der Waals surface area contributed by atoms with Crippen LogP contribution in [0.5, 0.6) is 0 Å². The Morgan fingerprint density at radius 3 is 2.78 bits per heavy atom. The summed E-state index contributed by atoms with van der Waals surface area (Å²) in [6.07, 6.45) is 2.59. The Labute approximate surface area is 156 Å². The number of piperidine rings is 1. The molecule has 0 unspecified atom stereocenters. The molecule has 2 atom stereocenters. The highest BCUT2D eigenvalue weighted by Gasteiger charge is 2.34. The second-order valence-electron chi connectivity index (χ2n) is 6.79. The molecule has 2 heterocycles. The van der Waals surface area contributed by atoms with E-state index in [0.29, 0.717) is 55.9 Å². The average molecular weight is 375 g/mol. The van der Waals surface area contributed by atoms with E-state index in [4.69, 9.17) is 4.52 Å². The van der Waals surface area contributed by atoms with Gasteiger partial charge in [0.25, 0.3) is 0 Å². The van der Waals surface area contributed by atoms with Crippen molar-refractivity contribution in [2.24, 2.45) is 5.92 Å². The summed E-state index contributed by atoms with van der Waals surface area (Å²) in [5.74, 6) is -0.941. The van der Waals surface area contributed by atoms with Gasteiger partial charge in [0.05, 0.1) is 5.92 Å². The number of benzene rings is 1. The molecule has 2 aromatic rings. The van der Waals surface area contributed by atoms with E-state index in [-0.39, 0.29) is 17.8 Å². The van der Waals surface area contributed by atoms with E-state index in [1.165, 1.54) is 12.1 Å². The van der Waals surface area contributed by atoms with Crippen molar-refractivity contribution in [3.63, 3.8) is 0 Å². The van der Waals surface area contributed by atoms with E-state index in [0.717, 1.165) is 0 Å². The molecule has 0 spiro atoms. The second-order valence-corrected chi connectivity index (χ2v) is 6.79. The molecule has 144 valence electrons. The normalized spacial score (nSPS) is 19.9. The lowest BCUT2D eigenvalue weighted by atomic mass is 9.90. The van der Waals surface area contributed by atoms with Crippen molar-refractivity contribution in [1.29, 1.82) is 0 Å². The monoisotopic (exact) mass is 375 g/mol. The first-order valence-corrected chi connectivity index (χ1v) is 9.06. The molecule has 0 saturated carbocycles. The summed E-state index contributed by atoms with van der Waals surface area (Å²) >= 11 is 0. The minimum absolute atomic E-state index is 0.0493. The van der Waals surface area contributed by atoms with Gasteiger partial charge in [0.1, 0.15) is 5.82 Å². The van der Waals surface area contributed by atoms with Crippen LogP contribution >= 0.6 is 0 Å². The topological polar surface area (TPSA) is 96.5 Å². The van der Waals surface area contributed by atoms with Crippen LogP contribution in [0.25, 0.3) is 11.4 Å². The molecule has 1 amide bonds. The standard InChI is InChI=1S/C19H22FN3O4/c1-12-15(19(25)26)4-3-11-23(12)17(24)6-2-5-16-21-18(22-27-16)13-7-9-14(20)10-8-13/h7-10,12,15H,2-6,11H2,1H3,(H,25,26)/t12-,15-/m1/s1. The zero-order valence-corrected chi connectivity index (χ0v) is 15.1. The van der Waals surface area contributed by atoms with Gasteiger partial charge in [-0.15, -0.1) is 0 Å². The van der Waals surface area contributed by atoms with Gasteiger partial charge in [-0.1, -0.05) is 5.16 Å². The molecular formula is C19H22FN3O4. The summed E-state index contributed by atoms with van der Waals surface area (Å²) in [4.78, 5) is 29.7. The van der Waals surface area contributed by atoms with Crippen LogP contribution in [0, 0.1) is 11.7 Å². The number of aliphatic carboxylic acids is 1. The number of carboxylic acids is 1. The Morgan fingerprint density at radius 1 is 1.33 bits per heavy atom. The first-order valence-electron chi connectivity index (χ1n) is 9.06. The van der Waals surface area contributed by atoms with Gasteiger partial charge in [-0.25, -0.2) is 4.39 Å². The van der Waals surface area contributed by atoms with Crippen LogP contribution in [0.4, 0.5) is 4.39 Å². The van der Waals surface area contributed by atoms with E-state index < -0.39 is 11.9 Å². The van der Waals surface area contributed by atoms with Crippen LogP contribution < -0.4 is 0 Å². The van der Waals surface area contributed by atoms with Crippen LogP contribution in [0.1, 0.15) is 38.5 Å². The molecule has 0 radical (unpaired) electrons. The highest BCUT2D eigenvalue weighted by molar-refractivity contribution is 5.78. The molecule has 3 rings (SSSR count). The molecule has 1 saturated heterocycles. The molecule has 1 aliphatic rings. The van der Waals surface area contributed by atoms with Crippen LogP contribution in [0.15, 0.2) is 28.8 Å². The number of hydrogen-bond donors (Lipinski definition) is 1. The SMILES string of the molecule is C[C@@H]1[C@H](C(=O)O)CCCN1C(=O)CCCc1nc(-c2ccc(F)cc2)no1. The lowest BCUT2D eigenvalue weighted by Crippen LogP contribution is -2.49. The highest BCUT2D eigenvalue weighted by atomic mass is 19.1. The molecule has 1 aromatic heterocycles. The van der Waals surface area contributed by atoms with E-state index >= 15 is 0 Å². The molecule has 1 aromatic carbocycles. The number of carbonyl (C=O) groups is 2. The fourth-order valence-electron chi connectivity index (χ4n) is 3.43. The van der Waals surface area contributed by atoms with Gasteiger partial charge in [0.15, 0.2) is 0 Å². The summed E-state index contributed by atoms with van der Waals surface area (Å²) in [6.45, 7) is 2.39. The summed E-state index contributed by atoms with van der Waals surface area (Å²) in [6, 6.07) is 5.51. The number of rotatable bonds is 6. The van der Waals surface area contributed by atoms with E-state index in [1.807, 2.05) is 0 Å². The minimum atomic E-state index is -0.848. The molecule has 0 aliphatic carbocycles. The van der Waals surface area contributed by atoms with Crippen molar-refractivity contribution in [2.75, 3.05) is 6.54 Å². The predicted octanol–water partition coefficient (Wildman–Crippen LogP) is 2.91. The van der Waals surface area contributed by atoms with Crippen molar-refractivity contribution in [3.05, 3.63) is 36.0 Å². The smallest absolute Gasteiger partial charge is 0.308 e. The van der Waals surface area contributed by atoms with Gasteiger partial charge >= 0.3 is 5.97 Å². The van der Waals surface area contributed by atoms with Gasteiger partial charge in [-0.3, -0.25) is 9.59 Å².